The number of fused-ring (bicyclic) bond motifs is 1. The first-order valence-corrected chi connectivity index (χ1v) is 6.73. The Balaban J connectivity index is 1.64. The summed E-state index contributed by atoms with van der Waals surface area (Å²) < 4.78 is 12.8. The number of hydrogen-bond donors (Lipinski definition) is 3. The minimum atomic E-state index is -0.390. The van der Waals surface area contributed by atoms with Crippen molar-refractivity contribution >= 4 is 22.9 Å². The topological polar surface area (TPSA) is 82.7 Å². The molecule has 0 aliphatic heterocycles. The molecule has 0 saturated carbocycles. The van der Waals surface area contributed by atoms with Crippen molar-refractivity contribution in [2.45, 2.75) is 13.5 Å². The molecule has 1 aromatic carbocycles. The van der Waals surface area contributed by atoms with E-state index in [4.69, 9.17) is 0 Å². The fourth-order valence-electron chi connectivity index (χ4n) is 2.03. The summed E-state index contributed by atoms with van der Waals surface area (Å²) >= 11 is 0. The number of carbonyl (C=O) groups is 1. The zero-order valence-corrected chi connectivity index (χ0v) is 11.9. The first-order chi connectivity index (χ1) is 10.6. The number of urea groups is 1. The molecule has 0 aliphatic carbocycles. The summed E-state index contributed by atoms with van der Waals surface area (Å²) in [6.07, 6.45) is 0. The van der Waals surface area contributed by atoms with Crippen LogP contribution in [0.2, 0.25) is 0 Å². The molecule has 3 rings (SSSR count). The molecule has 0 radical (unpaired) electrons. The molecule has 0 aliphatic rings. The van der Waals surface area contributed by atoms with Gasteiger partial charge in [0.25, 0.3) is 0 Å². The van der Waals surface area contributed by atoms with E-state index in [1.54, 1.807) is 12.1 Å². The van der Waals surface area contributed by atoms with E-state index in [0.717, 1.165) is 16.6 Å². The number of amides is 2. The van der Waals surface area contributed by atoms with E-state index in [0.29, 0.717) is 18.0 Å². The molecule has 0 saturated heterocycles. The van der Waals surface area contributed by atoms with Gasteiger partial charge in [-0.2, -0.15) is 5.10 Å². The summed E-state index contributed by atoms with van der Waals surface area (Å²) in [6, 6.07) is 9.24. The molecule has 0 fully saturated rings. The third kappa shape index (κ3) is 3.03. The van der Waals surface area contributed by atoms with E-state index in [1.807, 2.05) is 19.1 Å². The highest BCUT2D eigenvalue weighted by Crippen LogP contribution is 2.18. The van der Waals surface area contributed by atoms with Crippen LogP contribution in [0.25, 0.3) is 11.0 Å². The molecule has 22 heavy (non-hydrogen) atoms. The summed E-state index contributed by atoms with van der Waals surface area (Å²) in [6.45, 7) is 2.18. The van der Waals surface area contributed by atoms with Gasteiger partial charge < -0.3 is 5.32 Å². The highest BCUT2D eigenvalue weighted by Gasteiger charge is 2.09. The number of nitrogens with one attached hydrogen (secondary N) is 3. The molecule has 0 atom stereocenters. The zero-order valence-electron chi connectivity index (χ0n) is 11.9. The predicted molar refractivity (Wildman–Crippen MR) is 80.9 cm³/mol. The van der Waals surface area contributed by atoms with Crippen molar-refractivity contribution in [3.63, 3.8) is 0 Å². The van der Waals surface area contributed by atoms with Gasteiger partial charge in [0.05, 0.1) is 5.39 Å². The van der Waals surface area contributed by atoms with Crippen LogP contribution in [0, 0.1) is 12.7 Å². The fraction of sp³-hybridized carbons (Fsp3) is 0.133. The lowest BCUT2D eigenvalue weighted by Gasteiger charge is -2.06. The predicted octanol–water partition coefficient (Wildman–Crippen LogP) is 2.73. The number of pyridine rings is 1. The van der Waals surface area contributed by atoms with Crippen molar-refractivity contribution in [2.75, 3.05) is 5.32 Å². The van der Waals surface area contributed by atoms with Gasteiger partial charge in [-0.25, -0.2) is 14.2 Å². The Morgan fingerprint density at radius 1 is 1.23 bits per heavy atom. The quantitative estimate of drug-likeness (QED) is 0.695. The smallest absolute Gasteiger partial charge is 0.320 e. The Bertz CT molecular complexity index is 812. The number of carbonyl (C=O) groups excluding carboxylic acids is 1. The molecule has 112 valence electrons. The van der Waals surface area contributed by atoms with Crippen molar-refractivity contribution < 1.29 is 9.18 Å². The lowest BCUT2D eigenvalue weighted by Crippen LogP contribution is -2.28. The van der Waals surface area contributed by atoms with Crippen LogP contribution >= 0.6 is 0 Å². The van der Waals surface area contributed by atoms with Gasteiger partial charge in [0.2, 0.25) is 0 Å². The molecule has 2 aromatic heterocycles. The van der Waals surface area contributed by atoms with Crippen LogP contribution in [-0.4, -0.2) is 21.2 Å². The van der Waals surface area contributed by atoms with Crippen molar-refractivity contribution in [3.8, 4) is 0 Å². The number of H-pyrrole nitrogens is 1. The average Bonchev–Trinajstić information content (AvgIpc) is 2.89. The molecule has 3 aromatic rings. The van der Waals surface area contributed by atoms with E-state index in [-0.39, 0.29) is 5.82 Å². The highest BCUT2D eigenvalue weighted by atomic mass is 19.1. The van der Waals surface area contributed by atoms with E-state index >= 15 is 0 Å². The minimum Gasteiger partial charge on any atom is -0.334 e. The molecular formula is C15H14FN5O. The minimum absolute atomic E-state index is 0.297. The van der Waals surface area contributed by atoms with Gasteiger partial charge in [-0.15, -0.1) is 0 Å². The van der Waals surface area contributed by atoms with Crippen LogP contribution in [0.3, 0.4) is 0 Å². The standard InChI is InChI=1S/C15H14FN5O/c1-9-2-7-12-13(18-9)20-21-14(12)19-15(22)17-8-10-3-5-11(16)6-4-10/h2-7H,8H2,1H3,(H3,17,18,19,20,21,22). The summed E-state index contributed by atoms with van der Waals surface area (Å²) in [5.41, 5.74) is 2.29. The molecule has 2 heterocycles. The third-order valence-electron chi connectivity index (χ3n) is 3.16. The number of hydrogen-bond acceptors (Lipinski definition) is 3. The molecule has 7 heteroatoms. The van der Waals surface area contributed by atoms with Crippen LogP contribution in [0.5, 0.6) is 0 Å². The normalized spacial score (nSPS) is 10.6. The summed E-state index contributed by atoms with van der Waals surface area (Å²) in [7, 11) is 0. The molecule has 0 unspecified atom stereocenters. The van der Waals surface area contributed by atoms with Crippen molar-refractivity contribution in [1.29, 1.82) is 0 Å². The summed E-state index contributed by atoms with van der Waals surface area (Å²) in [5, 5.41) is 12.9. The van der Waals surface area contributed by atoms with Crippen molar-refractivity contribution in [3.05, 3.63) is 53.5 Å². The number of aryl methyl sites for hydroxylation is 1. The largest absolute Gasteiger partial charge is 0.334 e. The summed E-state index contributed by atoms with van der Waals surface area (Å²) in [4.78, 5) is 16.2. The SMILES string of the molecule is Cc1ccc2c(NC(=O)NCc3ccc(F)cc3)n[nH]c2n1. The van der Waals surface area contributed by atoms with Gasteiger partial charge in [0.15, 0.2) is 11.5 Å². The van der Waals surface area contributed by atoms with Crippen LogP contribution in [0.15, 0.2) is 36.4 Å². The van der Waals surface area contributed by atoms with E-state index in [2.05, 4.69) is 25.8 Å². The van der Waals surface area contributed by atoms with E-state index in [9.17, 15) is 9.18 Å². The number of benzene rings is 1. The van der Waals surface area contributed by atoms with Gasteiger partial charge in [0.1, 0.15) is 5.82 Å². The zero-order chi connectivity index (χ0) is 15.5. The second-order valence-electron chi connectivity index (χ2n) is 4.86. The fourth-order valence-corrected chi connectivity index (χ4v) is 2.03. The summed E-state index contributed by atoms with van der Waals surface area (Å²) in [5.74, 6) is 0.109. The Morgan fingerprint density at radius 3 is 2.77 bits per heavy atom. The third-order valence-corrected chi connectivity index (χ3v) is 3.16. The number of anilines is 1. The second-order valence-corrected chi connectivity index (χ2v) is 4.86. The molecule has 3 N–H and O–H groups in total. The van der Waals surface area contributed by atoms with E-state index < -0.39 is 6.03 Å². The number of aromatic nitrogens is 3. The lowest BCUT2D eigenvalue weighted by atomic mass is 10.2. The Kier molecular flexibility index (Phi) is 3.69. The van der Waals surface area contributed by atoms with Crippen LogP contribution in [0.4, 0.5) is 15.0 Å². The molecule has 0 spiro atoms. The maximum Gasteiger partial charge on any atom is 0.320 e. The monoisotopic (exact) mass is 299 g/mol. The van der Waals surface area contributed by atoms with Crippen molar-refractivity contribution in [1.82, 2.24) is 20.5 Å². The molecule has 6 nitrogen and oxygen atoms in total. The van der Waals surface area contributed by atoms with Crippen molar-refractivity contribution in [2.24, 2.45) is 0 Å². The van der Waals surface area contributed by atoms with Gasteiger partial charge >= 0.3 is 6.03 Å². The maximum atomic E-state index is 12.8. The Morgan fingerprint density at radius 2 is 2.00 bits per heavy atom. The first-order valence-electron chi connectivity index (χ1n) is 6.73. The second kappa shape index (κ2) is 5.80. The maximum absolute atomic E-state index is 12.8. The number of halogens is 1. The lowest BCUT2D eigenvalue weighted by molar-refractivity contribution is 0.251. The van der Waals surface area contributed by atoms with Gasteiger partial charge in [-0.05, 0) is 36.8 Å². The van der Waals surface area contributed by atoms with Crippen LogP contribution in [0.1, 0.15) is 11.3 Å². The molecule has 2 amide bonds. The van der Waals surface area contributed by atoms with Crippen LogP contribution < -0.4 is 10.6 Å². The molecular weight excluding hydrogens is 285 g/mol. The van der Waals surface area contributed by atoms with E-state index in [1.165, 1.54) is 12.1 Å². The van der Waals surface area contributed by atoms with Gasteiger partial charge in [-0.3, -0.25) is 10.4 Å². The van der Waals surface area contributed by atoms with Gasteiger partial charge in [-0.1, -0.05) is 12.1 Å². The number of nitrogens with zero attached hydrogens (tertiary/aromatic N) is 2. The Labute approximate surface area is 125 Å². The Hall–Kier alpha value is -2.96. The number of rotatable bonds is 3. The number of aromatic amines is 1. The average molecular weight is 299 g/mol. The molecule has 0 bridgehead atoms. The van der Waals surface area contributed by atoms with Gasteiger partial charge in [0, 0.05) is 12.2 Å². The first kappa shape index (κ1) is 14.0. The highest BCUT2D eigenvalue weighted by molar-refractivity contribution is 5.97. The van der Waals surface area contributed by atoms with Crippen LogP contribution in [-0.2, 0) is 6.54 Å².